The first-order valence-corrected chi connectivity index (χ1v) is 11.1. The molecule has 0 amide bonds. The first-order valence-electron chi connectivity index (χ1n) is 11.1. The van der Waals surface area contributed by atoms with Crippen molar-refractivity contribution in [2.75, 3.05) is 19.8 Å². The predicted molar refractivity (Wildman–Crippen MR) is 105 cm³/mol. The van der Waals surface area contributed by atoms with Gasteiger partial charge in [0.25, 0.3) is 5.97 Å². The number of ether oxygens (including phenoxy) is 4. The van der Waals surface area contributed by atoms with Crippen LogP contribution in [-0.4, -0.2) is 31.8 Å². The van der Waals surface area contributed by atoms with E-state index in [0.717, 1.165) is 12.8 Å². The molecule has 5 nitrogen and oxygen atoms in total. The second kappa shape index (κ2) is 9.08. The maximum Gasteiger partial charge on any atom is 0.314 e. The zero-order valence-corrected chi connectivity index (χ0v) is 17.8. The molecule has 3 aliphatic heterocycles. The molecule has 1 aliphatic carbocycles. The third-order valence-electron chi connectivity index (χ3n) is 6.79. The highest BCUT2D eigenvalue weighted by molar-refractivity contribution is 5.75. The molecule has 1 aromatic carbocycles. The molecule has 0 N–H and O–H groups in total. The summed E-state index contributed by atoms with van der Waals surface area (Å²) in [6, 6.07) is 1.35. The Morgan fingerprint density at radius 2 is 1.58 bits per heavy atom. The molecule has 8 heteroatoms. The first-order chi connectivity index (χ1) is 14.9. The Kier molecular flexibility index (Phi) is 6.60. The van der Waals surface area contributed by atoms with Crippen molar-refractivity contribution in [3.8, 4) is 5.75 Å². The molecule has 0 unspecified atom stereocenters. The van der Waals surface area contributed by atoms with Gasteiger partial charge in [0.15, 0.2) is 17.5 Å². The van der Waals surface area contributed by atoms with Crippen LogP contribution in [0.3, 0.4) is 0 Å². The van der Waals surface area contributed by atoms with Gasteiger partial charge in [-0.15, -0.1) is 0 Å². The topological polar surface area (TPSA) is 54.0 Å². The number of esters is 1. The maximum atomic E-state index is 13.3. The highest BCUT2D eigenvalue weighted by Crippen LogP contribution is 2.49. The highest BCUT2D eigenvalue weighted by atomic mass is 19.2. The van der Waals surface area contributed by atoms with Crippen LogP contribution in [0, 0.1) is 34.7 Å². The molecule has 4 fully saturated rings. The Labute approximate surface area is 180 Å². The molecular formula is C23H29F3O5. The standard InChI is InChI=1S/C23H29F3O5/c1-2-3-4-9-22-12-28-23(29-13-22,30-14-22)16-7-5-15(6-8-16)21(27)31-17-10-18(24)20(26)19(25)11-17/h10-11,15-16H,2-9,12-14H2,1H3. The van der Waals surface area contributed by atoms with Crippen molar-refractivity contribution in [3.63, 3.8) is 0 Å². The van der Waals surface area contributed by atoms with Crippen molar-refractivity contribution in [2.45, 2.75) is 64.3 Å². The van der Waals surface area contributed by atoms with Crippen molar-refractivity contribution in [2.24, 2.45) is 17.3 Å². The van der Waals surface area contributed by atoms with Gasteiger partial charge in [-0.25, -0.2) is 13.2 Å². The average Bonchev–Trinajstić information content (AvgIpc) is 2.79. The number of unbranched alkanes of at least 4 members (excludes halogenated alkanes) is 2. The predicted octanol–water partition coefficient (Wildman–Crippen LogP) is 5.11. The van der Waals surface area contributed by atoms with Crippen LogP contribution in [0.1, 0.15) is 58.3 Å². The Morgan fingerprint density at radius 1 is 1.00 bits per heavy atom. The molecule has 0 atom stereocenters. The van der Waals surface area contributed by atoms with E-state index < -0.39 is 35.3 Å². The number of hydrogen-bond donors (Lipinski definition) is 0. The third kappa shape index (κ3) is 4.61. The third-order valence-corrected chi connectivity index (χ3v) is 6.79. The van der Waals surface area contributed by atoms with Crippen LogP contribution >= 0.6 is 0 Å². The maximum absolute atomic E-state index is 13.3. The molecule has 1 saturated carbocycles. The summed E-state index contributed by atoms with van der Waals surface area (Å²) in [5.74, 6) is -6.73. The molecule has 3 heterocycles. The lowest BCUT2D eigenvalue weighted by Crippen LogP contribution is -2.63. The van der Waals surface area contributed by atoms with Crippen molar-refractivity contribution in [3.05, 3.63) is 29.6 Å². The molecular weight excluding hydrogens is 413 g/mol. The smallest absolute Gasteiger partial charge is 0.314 e. The van der Waals surface area contributed by atoms with Crippen LogP contribution in [0.25, 0.3) is 0 Å². The van der Waals surface area contributed by atoms with Gasteiger partial charge in [-0.3, -0.25) is 4.79 Å². The van der Waals surface area contributed by atoms with Gasteiger partial charge in [-0.1, -0.05) is 26.2 Å². The largest absolute Gasteiger partial charge is 0.426 e. The lowest BCUT2D eigenvalue weighted by Gasteiger charge is -2.55. The quantitative estimate of drug-likeness (QED) is 0.254. The van der Waals surface area contributed by atoms with Gasteiger partial charge < -0.3 is 18.9 Å². The fourth-order valence-electron chi connectivity index (χ4n) is 4.80. The Morgan fingerprint density at radius 3 is 2.13 bits per heavy atom. The average molecular weight is 442 g/mol. The second-order valence-electron chi connectivity index (χ2n) is 9.10. The van der Waals surface area contributed by atoms with Crippen molar-refractivity contribution in [1.29, 1.82) is 0 Å². The molecule has 1 aromatic rings. The van der Waals surface area contributed by atoms with E-state index >= 15 is 0 Å². The number of carbonyl (C=O) groups excluding carboxylic acids is 1. The molecule has 5 rings (SSSR count). The second-order valence-corrected chi connectivity index (χ2v) is 9.10. The summed E-state index contributed by atoms with van der Waals surface area (Å²) >= 11 is 0. The summed E-state index contributed by atoms with van der Waals surface area (Å²) in [5, 5.41) is 0. The summed E-state index contributed by atoms with van der Waals surface area (Å²) in [6.07, 6.45) is 6.85. The van der Waals surface area contributed by atoms with E-state index in [1.165, 1.54) is 12.8 Å². The summed E-state index contributed by atoms with van der Waals surface area (Å²) in [7, 11) is 0. The lowest BCUT2D eigenvalue weighted by molar-refractivity contribution is -0.488. The number of fused-ring (bicyclic) bond motifs is 3. The fourth-order valence-corrected chi connectivity index (χ4v) is 4.80. The molecule has 0 aromatic heterocycles. The first kappa shape index (κ1) is 22.6. The van der Waals surface area contributed by atoms with Gasteiger partial charge in [0.2, 0.25) is 0 Å². The van der Waals surface area contributed by atoms with Crippen molar-refractivity contribution < 1.29 is 36.9 Å². The van der Waals surface area contributed by atoms with Crippen molar-refractivity contribution in [1.82, 2.24) is 0 Å². The SMILES string of the molecule is CCCCCC12COC(C3CCC(C(=O)Oc4cc(F)c(F)c(F)c4)CC3)(OC1)OC2. The van der Waals surface area contributed by atoms with Crippen LogP contribution in [0.5, 0.6) is 5.75 Å². The monoisotopic (exact) mass is 442 g/mol. The van der Waals surface area contributed by atoms with Gasteiger partial charge in [-0.2, -0.15) is 0 Å². The number of benzene rings is 1. The Balaban J connectivity index is 1.29. The molecule has 2 bridgehead atoms. The molecule has 172 valence electrons. The van der Waals surface area contributed by atoms with E-state index in [9.17, 15) is 18.0 Å². The minimum Gasteiger partial charge on any atom is -0.426 e. The fraction of sp³-hybridized carbons (Fsp3) is 0.696. The summed E-state index contributed by atoms with van der Waals surface area (Å²) in [5.41, 5.74) is -0.0579. The lowest BCUT2D eigenvalue weighted by atomic mass is 9.78. The van der Waals surface area contributed by atoms with Gasteiger partial charge in [0.1, 0.15) is 5.75 Å². The molecule has 31 heavy (non-hydrogen) atoms. The molecule has 4 aliphatic rings. The minimum absolute atomic E-state index is 0.00574. The van der Waals surface area contributed by atoms with E-state index in [1.54, 1.807) is 0 Å². The van der Waals surface area contributed by atoms with Gasteiger partial charge in [0, 0.05) is 23.5 Å². The van der Waals surface area contributed by atoms with Crippen molar-refractivity contribution >= 4 is 5.97 Å². The van der Waals surface area contributed by atoms with Crippen LogP contribution in [-0.2, 0) is 19.0 Å². The number of carbonyl (C=O) groups is 1. The molecule has 0 radical (unpaired) electrons. The molecule has 3 saturated heterocycles. The van der Waals surface area contributed by atoms with Crippen LogP contribution in [0.15, 0.2) is 12.1 Å². The summed E-state index contributed by atoms with van der Waals surface area (Å²) in [4.78, 5) is 12.4. The molecule has 0 spiro atoms. The van der Waals surface area contributed by atoms with Crippen LogP contribution < -0.4 is 4.74 Å². The highest BCUT2D eigenvalue weighted by Gasteiger charge is 2.56. The van der Waals surface area contributed by atoms with Gasteiger partial charge in [-0.05, 0) is 32.1 Å². The zero-order chi connectivity index (χ0) is 22.1. The summed E-state index contributed by atoms with van der Waals surface area (Å²) in [6.45, 7) is 4.05. The van der Waals surface area contributed by atoms with E-state index in [-0.39, 0.29) is 17.1 Å². The van der Waals surface area contributed by atoms with E-state index in [0.29, 0.717) is 57.6 Å². The van der Waals surface area contributed by atoms with E-state index in [4.69, 9.17) is 18.9 Å². The van der Waals surface area contributed by atoms with Crippen LogP contribution in [0.4, 0.5) is 13.2 Å². The van der Waals surface area contributed by atoms with Gasteiger partial charge in [0.05, 0.1) is 25.7 Å². The van der Waals surface area contributed by atoms with Gasteiger partial charge >= 0.3 is 5.97 Å². The van der Waals surface area contributed by atoms with Crippen LogP contribution in [0.2, 0.25) is 0 Å². The minimum atomic E-state index is -1.59. The van der Waals surface area contributed by atoms with E-state index in [1.807, 2.05) is 0 Å². The summed E-state index contributed by atoms with van der Waals surface area (Å²) < 4.78 is 63.1. The normalized spacial score (nSPS) is 32.8. The number of halogens is 3. The number of hydrogen-bond acceptors (Lipinski definition) is 5. The van der Waals surface area contributed by atoms with E-state index in [2.05, 4.69) is 6.92 Å². The zero-order valence-electron chi connectivity index (χ0n) is 17.8. The Hall–Kier alpha value is -1.64. The number of rotatable bonds is 7. The Bertz CT molecular complexity index is 759.